The number of aryl methyl sites for hydroxylation is 1. The smallest absolute Gasteiger partial charge is 0.230 e. The number of carbonyl (C=O) groups is 1. The Morgan fingerprint density at radius 3 is 2.50 bits per heavy atom. The van der Waals surface area contributed by atoms with Crippen molar-refractivity contribution < 1.29 is 4.79 Å². The summed E-state index contributed by atoms with van der Waals surface area (Å²) in [5, 5.41) is 4.89. The summed E-state index contributed by atoms with van der Waals surface area (Å²) in [6.45, 7) is 2.11. The molecule has 3 aromatic rings. The van der Waals surface area contributed by atoms with E-state index in [2.05, 4.69) is 45.3 Å². The number of nitrogens with one attached hydrogen (secondary N) is 1. The van der Waals surface area contributed by atoms with Gasteiger partial charge in [0.05, 0.1) is 12.1 Å². The third kappa shape index (κ3) is 5.69. The molecule has 0 fully saturated rings. The van der Waals surface area contributed by atoms with Crippen molar-refractivity contribution in [3.63, 3.8) is 0 Å². The van der Waals surface area contributed by atoms with E-state index >= 15 is 0 Å². The predicted octanol–water partition coefficient (Wildman–Crippen LogP) is 5.94. The Bertz CT molecular complexity index is 860. The highest BCUT2D eigenvalue weighted by atomic mass is 79.9. The highest BCUT2D eigenvalue weighted by molar-refractivity contribution is 9.10. The predicted molar refractivity (Wildman–Crippen MR) is 114 cm³/mol. The Kier molecular flexibility index (Phi) is 6.88. The SMILES string of the molecule is CCc1ccc(NC(=O)Cc2csc(SCc3ccc(Br)cc3)n2)cc1. The highest BCUT2D eigenvalue weighted by Crippen LogP contribution is 2.27. The molecule has 0 saturated heterocycles. The van der Waals surface area contributed by atoms with Crippen molar-refractivity contribution in [3.8, 4) is 0 Å². The Hall–Kier alpha value is -1.63. The van der Waals surface area contributed by atoms with Crippen molar-refractivity contribution >= 4 is 50.6 Å². The van der Waals surface area contributed by atoms with Gasteiger partial charge in [0, 0.05) is 21.3 Å². The number of hydrogen-bond donors (Lipinski definition) is 1. The lowest BCUT2D eigenvalue weighted by Crippen LogP contribution is -2.14. The van der Waals surface area contributed by atoms with Crippen LogP contribution in [0.2, 0.25) is 0 Å². The van der Waals surface area contributed by atoms with Crippen molar-refractivity contribution in [1.29, 1.82) is 0 Å². The fourth-order valence-electron chi connectivity index (χ4n) is 2.36. The van der Waals surface area contributed by atoms with E-state index in [9.17, 15) is 4.79 Å². The molecule has 0 unspecified atom stereocenters. The van der Waals surface area contributed by atoms with E-state index in [4.69, 9.17) is 0 Å². The minimum absolute atomic E-state index is 0.0380. The summed E-state index contributed by atoms with van der Waals surface area (Å²) in [5.74, 6) is 0.833. The maximum Gasteiger partial charge on any atom is 0.230 e. The van der Waals surface area contributed by atoms with Crippen LogP contribution in [0.4, 0.5) is 5.69 Å². The number of benzene rings is 2. The molecule has 0 bridgehead atoms. The lowest BCUT2D eigenvalue weighted by Gasteiger charge is -2.05. The topological polar surface area (TPSA) is 42.0 Å². The van der Waals surface area contributed by atoms with Crippen molar-refractivity contribution in [2.24, 2.45) is 0 Å². The minimum atomic E-state index is -0.0380. The van der Waals surface area contributed by atoms with Crippen LogP contribution in [0.1, 0.15) is 23.7 Å². The number of thiazole rings is 1. The zero-order chi connectivity index (χ0) is 18.4. The van der Waals surface area contributed by atoms with E-state index < -0.39 is 0 Å². The summed E-state index contributed by atoms with van der Waals surface area (Å²) in [4.78, 5) is 16.8. The average molecular weight is 447 g/mol. The summed E-state index contributed by atoms with van der Waals surface area (Å²) >= 11 is 6.73. The van der Waals surface area contributed by atoms with Crippen LogP contribution in [0.15, 0.2) is 62.7 Å². The first-order valence-corrected chi connectivity index (χ1v) is 11.0. The van der Waals surface area contributed by atoms with Gasteiger partial charge < -0.3 is 5.32 Å². The van der Waals surface area contributed by atoms with Crippen LogP contribution in [0, 0.1) is 0 Å². The first-order valence-electron chi connectivity index (χ1n) is 8.33. The molecule has 1 heterocycles. The Morgan fingerprint density at radius 1 is 1.12 bits per heavy atom. The molecule has 0 aliphatic carbocycles. The Labute approximate surface area is 170 Å². The van der Waals surface area contributed by atoms with Gasteiger partial charge in [0.2, 0.25) is 5.91 Å². The maximum atomic E-state index is 12.2. The standard InChI is InChI=1S/C20H19BrN2OS2/c1-2-14-5-9-17(10-6-14)22-19(24)11-18-13-26-20(23-18)25-12-15-3-7-16(21)8-4-15/h3-10,13H,2,11-12H2,1H3,(H,22,24). The third-order valence-corrected chi connectivity index (χ3v) is 6.46. The number of hydrogen-bond acceptors (Lipinski definition) is 4. The number of carbonyl (C=O) groups excluding carboxylic acids is 1. The van der Waals surface area contributed by atoms with Gasteiger partial charge in [-0.25, -0.2) is 4.98 Å². The van der Waals surface area contributed by atoms with Crippen LogP contribution in [-0.2, 0) is 23.4 Å². The van der Waals surface area contributed by atoms with Crippen LogP contribution in [-0.4, -0.2) is 10.9 Å². The van der Waals surface area contributed by atoms with Gasteiger partial charge in [-0.1, -0.05) is 58.9 Å². The van der Waals surface area contributed by atoms with E-state index in [1.54, 1.807) is 23.1 Å². The van der Waals surface area contributed by atoms with Crippen LogP contribution >= 0.6 is 39.0 Å². The fourth-order valence-corrected chi connectivity index (χ4v) is 4.42. The van der Waals surface area contributed by atoms with Gasteiger partial charge in [0.15, 0.2) is 0 Å². The lowest BCUT2D eigenvalue weighted by molar-refractivity contribution is -0.115. The van der Waals surface area contributed by atoms with E-state index in [1.165, 1.54) is 11.1 Å². The fraction of sp³-hybridized carbons (Fsp3) is 0.200. The molecule has 2 aromatic carbocycles. The first-order chi connectivity index (χ1) is 12.6. The summed E-state index contributed by atoms with van der Waals surface area (Å²) in [7, 11) is 0. The molecule has 1 amide bonds. The summed E-state index contributed by atoms with van der Waals surface area (Å²) < 4.78 is 2.07. The second kappa shape index (κ2) is 9.35. The molecule has 0 aliphatic rings. The van der Waals surface area contributed by atoms with Crippen LogP contribution in [0.25, 0.3) is 0 Å². The minimum Gasteiger partial charge on any atom is -0.326 e. The van der Waals surface area contributed by atoms with Crippen molar-refractivity contribution in [1.82, 2.24) is 4.98 Å². The van der Waals surface area contributed by atoms with Crippen LogP contribution in [0.3, 0.4) is 0 Å². The van der Waals surface area contributed by atoms with Gasteiger partial charge in [-0.15, -0.1) is 11.3 Å². The number of nitrogens with zero attached hydrogens (tertiary/aromatic N) is 1. The monoisotopic (exact) mass is 446 g/mol. The zero-order valence-electron chi connectivity index (χ0n) is 14.4. The van der Waals surface area contributed by atoms with Gasteiger partial charge in [-0.2, -0.15) is 0 Å². The van der Waals surface area contributed by atoms with Gasteiger partial charge in [0.1, 0.15) is 4.34 Å². The van der Waals surface area contributed by atoms with Gasteiger partial charge in [0.25, 0.3) is 0 Å². The molecular weight excluding hydrogens is 428 g/mol. The number of anilines is 1. The van der Waals surface area contributed by atoms with E-state index in [0.29, 0.717) is 6.42 Å². The van der Waals surface area contributed by atoms with E-state index in [1.807, 2.05) is 41.8 Å². The molecule has 0 spiro atoms. The second-order valence-electron chi connectivity index (χ2n) is 5.80. The molecule has 3 rings (SSSR count). The average Bonchev–Trinajstić information content (AvgIpc) is 3.09. The summed E-state index contributed by atoms with van der Waals surface area (Å²) in [6.07, 6.45) is 1.29. The highest BCUT2D eigenvalue weighted by Gasteiger charge is 2.09. The number of amides is 1. The number of aromatic nitrogens is 1. The van der Waals surface area contributed by atoms with Gasteiger partial charge in [-0.3, -0.25) is 4.79 Å². The Balaban J connectivity index is 1.50. The van der Waals surface area contributed by atoms with Crippen molar-refractivity contribution in [2.45, 2.75) is 29.9 Å². The number of thioether (sulfide) groups is 1. The molecule has 0 saturated carbocycles. The summed E-state index contributed by atoms with van der Waals surface area (Å²) in [5.41, 5.74) is 4.15. The van der Waals surface area contributed by atoms with Gasteiger partial charge in [-0.05, 0) is 41.8 Å². The van der Waals surface area contributed by atoms with Gasteiger partial charge >= 0.3 is 0 Å². The molecule has 3 nitrogen and oxygen atoms in total. The van der Waals surface area contributed by atoms with Crippen LogP contribution in [0.5, 0.6) is 0 Å². The Morgan fingerprint density at radius 2 is 1.81 bits per heavy atom. The number of rotatable bonds is 7. The second-order valence-corrected chi connectivity index (χ2v) is 8.79. The van der Waals surface area contributed by atoms with Crippen molar-refractivity contribution in [3.05, 3.63) is 75.2 Å². The maximum absolute atomic E-state index is 12.2. The van der Waals surface area contributed by atoms with Crippen molar-refractivity contribution in [2.75, 3.05) is 5.32 Å². The summed E-state index contributed by atoms with van der Waals surface area (Å²) in [6, 6.07) is 16.2. The lowest BCUT2D eigenvalue weighted by atomic mass is 10.1. The zero-order valence-corrected chi connectivity index (χ0v) is 17.6. The molecule has 0 radical (unpaired) electrons. The molecule has 26 heavy (non-hydrogen) atoms. The van der Waals surface area contributed by atoms with E-state index in [0.717, 1.165) is 32.4 Å². The van der Waals surface area contributed by atoms with Crippen LogP contribution < -0.4 is 5.32 Å². The molecule has 134 valence electrons. The molecule has 0 atom stereocenters. The first kappa shape index (κ1) is 19.1. The normalized spacial score (nSPS) is 10.7. The third-order valence-electron chi connectivity index (χ3n) is 3.79. The molecule has 1 N–H and O–H groups in total. The molecule has 0 aliphatic heterocycles. The molecule has 1 aromatic heterocycles. The quantitative estimate of drug-likeness (QED) is 0.456. The van der Waals surface area contributed by atoms with E-state index in [-0.39, 0.29) is 5.91 Å². The number of halogens is 1. The molecular formula is C20H19BrN2OS2. The molecule has 6 heteroatoms. The largest absolute Gasteiger partial charge is 0.326 e.